The van der Waals surface area contributed by atoms with E-state index in [0.717, 1.165) is 31.7 Å². The minimum atomic E-state index is -0.508. The van der Waals surface area contributed by atoms with E-state index in [1.54, 1.807) is 0 Å². The van der Waals surface area contributed by atoms with Crippen LogP contribution in [0.1, 0.15) is 38.3 Å². The van der Waals surface area contributed by atoms with Crippen LogP contribution >= 0.6 is 0 Å². The lowest BCUT2D eigenvalue weighted by Crippen LogP contribution is -2.42. The van der Waals surface area contributed by atoms with Crippen LogP contribution in [-0.2, 0) is 0 Å². The van der Waals surface area contributed by atoms with Crippen LogP contribution in [-0.4, -0.2) is 35.8 Å². The molecule has 0 amide bonds. The van der Waals surface area contributed by atoms with Gasteiger partial charge in [-0.15, -0.1) is 0 Å². The van der Waals surface area contributed by atoms with Gasteiger partial charge in [0.15, 0.2) is 0 Å². The quantitative estimate of drug-likeness (QED) is 0.856. The summed E-state index contributed by atoms with van der Waals surface area (Å²) in [6, 6.07) is 4.52. The van der Waals surface area contributed by atoms with E-state index < -0.39 is 5.60 Å². The molecule has 1 aliphatic rings. The average Bonchev–Trinajstić information content (AvgIpc) is 2.38. The third kappa shape index (κ3) is 3.00. The molecule has 0 aromatic carbocycles. The zero-order chi connectivity index (χ0) is 13.2. The van der Waals surface area contributed by atoms with Gasteiger partial charge in [-0.25, -0.2) is 4.98 Å². The highest BCUT2D eigenvalue weighted by molar-refractivity contribution is 5.42. The highest BCUT2D eigenvalue weighted by atomic mass is 16.3. The zero-order valence-electron chi connectivity index (χ0n) is 11.5. The Labute approximate surface area is 109 Å². The van der Waals surface area contributed by atoms with Crippen LogP contribution in [0.3, 0.4) is 0 Å². The van der Waals surface area contributed by atoms with E-state index in [0.29, 0.717) is 6.04 Å². The molecule has 0 radical (unpaired) electrons. The number of hydrogen-bond acceptors (Lipinski definition) is 4. The molecule has 1 aromatic rings. The third-order valence-electron chi connectivity index (χ3n) is 3.87. The first-order chi connectivity index (χ1) is 8.52. The van der Waals surface area contributed by atoms with Crippen molar-refractivity contribution >= 4 is 5.82 Å². The van der Waals surface area contributed by atoms with Crippen LogP contribution in [0.2, 0.25) is 0 Å². The molecule has 1 atom stereocenters. The number of aromatic nitrogens is 1. The van der Waals surface area contributed by atoms with Gasteiger partial charge >= 0.3 is 0 Å². The van der Waals surface area contributed by atoms with E-state index >= 15 is 0 Å². The van der Waals surface area contributed by atoms with Gasteiger partial charge in [0, 0.05) is 25.3 Å². The molecule has 100 valence electrons. The molecule has 2 heterocycles. The van der Waals surface area contributed by atoms with Crippen LogP contribution in [0, 0.1) is 0 Å². The topological polar surface area (TPSA) is 48.4 Å². The number of nitrogens with one attached hydrogen (secondary N) is 1. The lowest BCUT2D eigenvalue weighted by Gasteiger charge is -2.36. The van der Waals surface area contributed by atoms with Gasteiger partial charge in [0.25, 0.3) is 0 Å². The lowest BCUT2D eigenvalue weighted by atomic mass is 9.94. The Bertz CT molecular complexity index is 396. The van der Waals surface area contributed by atoms with Crippen molar-refractivity contribution in [1.29, 1.82) is 0 Å². The molecular weight excluding hydrogens is 226 g/mol. The summed E-state index contributed by atoms with van der Waals surface area (Å²) in [6.07, 6.45) is 3.48. The summed E-state index contributed by atoms with van der Waals surface area (Å²) >= 11 is 0. The second-order valence-corrected chi connectivity index (χ2v) is 5.44. The van der Waals surface area contributed by atoms with E-state index in [4.69, 9.17) is 0 Å². The predicted molar refractivity (Wildman–Crippen MR) is 73.8 cm³/mol. The molecule has 2 N–H and O–H groups in total. The minimum absolute atomic E-state index is 0.333. The van der Waals surface area contributed by atoms with Crippen LogP contribution in [0.15, 0.2) is 18.3 Å². The van der Waals surface area contributed by atoms with Crippen LogP contribution in [0.5, 0.6) is 0 Å². The molecule has 1 aliphatic heterocycles. The van der Waals surface area contributed by atoms with Crippen molar-refractivity contribution in [3.05, 3.63) is 23.9 Å². The van der Waals surface area contributed by atoms with Crippen molar-refractivity contribution in [2.45, 2.75) is 38.3 Å². The fraction of sp³-hybridized carbons (Fsp3) is 0.643. The molecule has 0 spiro atoms. The predicted octanol–water partition coefficient (Wildman–Crippen LogP) is 1.71. The van der Waals surface area contributed by atoms with Crippen molar-refractivity contribution < 1.29 is 5.11 Å². The molecular formula is C14H23N3O. The number of rotatable bonds is 3. The van der Waals surface area contributed by atoms with E-state index in [-0.39, 0.29) is 0 Å². The van der Waals surface area contributed by atoms with Crippen molar-refractivity contribution in [1.82, 2.24) is 10.3 Å². The molecule has 18 heavy (non-hydrogen) atoms. The van der Waals surface area contributed by atoms with Gasteiger partial charge in [-0.3, -0.25) is 0 Å². The third-order valence-corrected chi connectivity index (χ3v) is 3.87. The summed E-state index contributed by atoms with van der Waals surface area (Å²) in [5.41, 5.74) is 0.742. The highest BCUT2D eigenvalue weighted by Gasteiger charge is 2.27. The average molecular weight is 249 g/mol. The maximum absolute atomic E-state index is 9.96. The first-order valence-electron chi connectivity index (χ1n) is 6.62. The Morgan fingerprint density at radius 1 is 1.44 bits per heavy atom. The Morgan fingerprint density at radius 2 is 2.11 bits per heavy atom. The molecule has 2 rings (SSSR count). The van der Waals surface area contributed by atoms with Crippen molar-refractivity contribution in [3.8, 4) is 0 Å². The van der Waals surface area contributed by atoms with Gasteiger partial charge < -0.3 is 15.3 Å². The van der Waals surface area contributed by atoms with Gasteiger partial charge in [0.1, 0.15) is 5.82 Å². The fourth-order valence-electron chi connectivity index (χ4n) is 2.26. The number of nitrogens with zero attached hydrogens (tertiary/aromatic N) is 2. The van der Waals surface area contributed by atoms with Crippen LogP contribution in [0.4, 0.5) is 5.82 Å². The molecule has 4 nitrogen and oxygen atoms in total. The van der Waals surface area contributed by atoms with Crippen molar-refractivity contribution in [2.75, 3.05) is 25.0 Å². The van der Waals surface area contributed by atoms with Gasteiger partial charge in [0.2, 0.25) is 0 Å². The van der Waals surface area contributed by atoms with E-state index in [2.05, 4.69) is 28.2 Å². The maximum atomic E-state index is 9.96. The van der Waals surface area contributed by atoms with Crippen molar-refractivity contribution in [3.63, 3.8) is 0 Å². The van der Waals surface area contributed by atoms with Gasteiger partial charge in [-0.2, -0.15) is 0 Å². The highest BCUT2D eigenvalue weighted by Crippen LogP contribution is 2.25. The van der Waals surface area contributed by atoms with Gasteiger partial charge in [-0.05, 0) is 51.4 Å². The largest absolute Gasteiger partial charge is 0.390 e. The molecule has 0 aliphatic carbocycles. The summed E-state index contributed by atoms with van der Waals surface area (Å²) in [7, 11) is 1.96. The summed E-state index contributed by atoms with van der Waals surface area (Å²) in [5.74, 6) is 1.02. The molecule has 0 saturated carbocycles. The summed E-state index contributed by atoms with van der Waals surface area (Å²) in [5, 5.41) is 13.2. The Hall–Kier alpha value is -1.13. The molecule has 1 unspecified atom stereocenters. The summed E-state index contributed by atoms with van der Waals surface area (Å²) in [6.45, 7) is 5.80. The smallest absolute Gasteiger partial charge is 0.128 e. The Morgan fingerprint density at radius 3 is 2.72 bits per heavy atom. The molecule has 4 heteroatoms. The summed E-state index contributed by atoms with van der Waals surface area (Å²) < 4.78 is 0. The van der Waals surface area contributed by atoms with Gasteiger partial charge in [0.05, 0.1) is 5.60 Å². The minimum Gasteiger partial charge on any atom is -0.390 e. The second-order valence-electron chi connectivity index (χ2n) is 5.44. The van der Waals surface area contributed by atoms with Gasteiger partial charge in [-0.1, -0.05) is 0 Å². The first-order valence-corrected chi connectivity index (χ1v) is 6.62. The molecule has 1 fully saturated rings. The SMILES string of the molecule is CNC(C)c1ccnc(N2CCC(C)(O)CC2)c1. The van der Waals surface area contributed by atoms with Crippen LogP contribution < -0.4 is 10.2 Å². The first kappa shape index (κ1) is 13.3. The van der Waals surface area contributed by atoms with E-state index in [1.165, 1.54) is 5.56 Å². The molecule has 1 aromatic heterocycles. The van der Waals surface area contributed by atoms with E-state index in [9.17, 15) is 5.11 Å². The van der Waals surface area contributed by atoms with Crippen molar-refractivity contribution in [2.24, 2.45) is 0 Å². The monoisotopic (exact) mass is 249 g/mol. The zero-order valence-corrected chi connectivity index (χ0v) is 11.5. The number of piperidine rings is 1. The van der Waals surface area contributed by atoms with E-state index in [1.807, 2.05) is 26.2 Å². The molecule has 1 saturated heterocycles. The number of pyridine rings is 1. The fourth-order valence-corrected chi connectivity index (χ4v) is 2.26. The maximum Gasteiger partial charge on any atom is 0.128 e. The second kappa shape index (κ2) is 5.24. The number of anilines is 1. The molecule has 0 bridgehead atoms. The van der Waals surface area contributed by atoms with Crippen LogP contribution in [0.25, 0.3) is 0 Å². The summed E-state index contributed by atoms with van der Waals surface area (Å²) in [4.78, 5) is 6.70. The lowest BCUT2D eigenvalue weighted by molar-refractivity contribution is 0.0350. The number of hydrogen-bond donors (Lipinski definition) is 2. The number of aliphatic hydroxyl groups is 1. The Balaban J connectivity index is 2.10. The standard InChI is InChI=1S/C14H23N3O/c1-11(15-3)12-4-7-16-13(10-12)17-8-5-14(2,18)6-9-17/h4,7,10-11,15,18H,5-6,8-9H2,1-3H3. The Kier molecular flexibility index (Phi) is 3.88. The normalized spacial score (nSPS) is 20.8.